The van der Waals surface area contributed by atoms with Crippen LogP contribution in [-0.4, -0.2) is 52.0 Å². The van der Waals surface area contributed by atoms with Gasteiger partial charge in [-0.15, -0.1) is 0 Å². The van der Waals surface area contributed by atoms with Gasteiger partial charge < -0.3 is 14.7 Å². The number of rotatable bonds is 4. The fraction of sp³-hybridized carbons (Fsp3) is 0.682. The third kappa shape index (κ3) is 3.99. The first kappa shape index (κ1) is 22.7. The van der Waals surface area contributed by atoms with Crippen LogP contribution in [0.5, 0.6) is 5.75 Å². The Kier molecular flexibility index (Phi) is 5.75. The van der Waals surface area contributed by atoms with Crippen LogP contribution in [0.25, 0.3) is 5.65 Å². The molecule has 2 aromatic rings. The summed E-state index contributed by atoms with van der Waals surface area (Å²) >= 11 is 0. The average Bonchev–Trinajstić information content (AvgIpc) is 3.15. The lowest BCUT2D eigenvalue weighted by Crippen LogP contribution is -2.47. The fourth-order valence-corrected chi connectivity index (χ4v) is 5.13. The topological polar surface area (TPSA) is 80.0 Å². The van der Waals surface area contributed by atoms with Crippen molar-refractivity contribution in [2.75, 3.05) is 25.1 Å². The summed E-state index contributed by atoms with van der Waals surface area (Å²) in [5.74, 6) is -0.959. The van der Waals surface area contributed by atoms with Crippen molar-refractivity contribution in [1.29, 1.82) is 0 Å². The number of anilines is 1. The first-order valence-electron chi connectivity index (χ1n) is 11.0. The number of carboxylic acid groups (broad SMARTS) is 1. The van der Waals surface area contributed by atoms with Crippen LogP contribution in [0.15, 0.2) is 6.07 Å². The van der Waals surface area contributed by atoms with Gasteiger partial charge in [-0.05, 0) is 52.4 Å². The van der Waals surface area contributed by atoms with Gasteiger partial charge in [-0.25, -0.2) is 4.98 Å². The summed E-state index contributed by atoms with van der Waals surface area (Å²) in [7, 11) is 1.54. The molecule has 1 aliphatic carbocycles. The monoisotopic (exact) mass is 454 g/mol. The number of nitrogens with zero attached hydrogens (tertiary/aromatic N) is 4. The van der Waals surface area contributed by atoms with E-state index in [0.717, 1.165) is 5.69 Å². The molecule has 10 heteroatoms. The summed E-state index contributed by atoms with van der Waals surface area (Å²) < 4.78 is 46.5. The summed E-state index contributed by atoms with van der Waals surface area (Å²) in [6.07, 6.45) is -1.78. The number of halogens is 3. The lowest BCUT2D eigenvalue weighted by atomic mass is 9.80. The molecule has 1 aliphatic heterocycles. The SMILES string of the molecule is COc1c(C)nc2cc(C3CCC(C(F)(F)F)CC3)nn2c1N1CCC[C@@](C)(C(=O)O)C1. The van der Waals surface area contributed by atoms with Crippen LogP contribution in [0, 0.1) is 18.3 Å². The molecule has 2 aliphatic rings. The van der Waals surface area contributed by atoms with Crippen molar-refractivity contribution < 1.29 is 27.8 Å². The van der Waals surface area contributed by atoms with Crippen LogP contribution in [0.1, 0.15) is 62.8 Å². The van der Waals surface area contributed by atoms with Gasteiger partial charge in [0.25, 0.3) is 0 Å². The Morgan fingerprint density at radius 1 is 1.28 bits per heavy atom. The maximum Gasteiger partial charge on any atom is 0.391 e. The van der Waals surface area contributed by atoms with E-state index in [9.17, 15) is 23.1 Å². The van der Waals surface area contributed by atoms with E-state index in [1.807, 2.05) is 17.9 Å². The second-order valence-corrected chi connectivity index (χ2v) is 9.37. The van der Waals surface area contributed by atoms with Crippen molar-refractivity contribution >= 4 is 17.4 Å². The van der Waals surface area contributed by atoms with Crippen molar-refractivity contribution in [3.8, 4) is 5.75 Å². The van der Waals surface area contributed by atoms with E-state index in [1.165, 1.54) is 0 Å². The standard InChI is InChI=1S/C22H29F3N4O3/c1-13-18(32-3)19(28-10-4-9-21(2,12-28)20(30)31)29-17(26-13)11-16(27-29)14-5-7-15(8-6-14)22(23,24)25/h11,14-15H,4-10,12H2,1-3H3,(H,30,31)/t14?,15?,21-/m1/s1. The number of carbonyl (C=O) groups is 1. The number of fused-ring (bicyclic) bond motifs is 1. The van der Waals surface area contributed by atoms with Gasteiger partial charge in [0.1, 0.15) is 0 Å². The Bertz CT molecular complexity index is 1010. The predicted molar refractivity (Wildman–Crippen MR) is 112 cm³/mol. The summed E-state index contributed by atoms with van der Waals surface area (Å²) in [5, 5.41) is 14.5. The van der Waals surface area contributed by atoms with E-state index < -0.39 is 23.5 Å². The normalized spacial score (nSPS) is 27.0. The third-order valence-corrected chi connectivity index (χ3v) is 7.05. The maximum atomic E-state index is 13.1. The first-order valence-corrected chi connectivity index (χ1v) is 11.0. The maximum absolute atomic E-state index is 13.1. The number of methoxy groups -OCH3 is 1. The van der Waals surface area contributed by atoms with E-state index in [4.69, 9.17) is 9.84 Å². The minimum Gasteiger partial charge on any atom is -0.491 e. The van der Waals surface area contributed by atoms with Gasteiger partial charge in [-0.2, -0.15) is 22.8 Å². The fourth-order valence-electron chi connectivity index (χ4n) is 5.13. The summed E-state index contributed by atoms with van der Waals surface area (Å²) in [4.78, 5) is 18.5. The molecule has 2 fully saturated rings. The van der Waals surface area contributed by atoms with E-state index >= 15 is 0 Å². The molecule has 32 heavy (non-hydrogen) atoms. The zero-order chi connectivity index (χ0) is 23.3. The Hall–Kier alpha value is -2.52. The lowest BCUT2D eigenvalue weighted by molar-refractivity contribution is -0.182. The molecule has 1 saturated heterocycles. The Morgan fingerprint density at radius 3 is 2.56 bits per heavy atom. The van der Waals surface area contributed by atoms with Crippen molar-refractivity contribution in [3.63, 3.8) is 0 Å². The molecule has 1 atom stereocenters. The molecule has 4 rings (SSSR count). The summed E-state index contributed by atoms with van der Waals surface area (Å²) in [6.45, 7) is 4.53. The Balaban J connectivity index is 1.70. The molecule has 0 spiro atoms. The Morgan fingerprint density at radius 2 is 1.97 bits per heavy atom. The molecular weight excluding hydrogens is 425 g/mol. The minimum absolute atomic E-state index is 0.0555. The van der Waals surface area contributed by atoms with Gasteiger partial charge in [0.2, 0.25) is 0 Å². The molecule has 0 radical (unpaired) electrons. The van der Waals surface area contributed by atoms with Gasteiger partial charge in [-0.3, -0.25) is 4.79 Å². The number of carboxylic acids is 1. The molecule has 1 saturated carbocycles. The quantitative estimate of drug-likeness (QED) is 0.729. The predicted octanol–water partition coefficient (Wildman–Crippen LogP) is 4.57. The van der Waals surface area contributed by atoms with Crippen molar-refractivity contribution in [1.82, 2.24) is 14.6 Å². The van der Waals surface area contributed by atoms with Gasteiger partial charge >= 0.3 is 12.1 Å². The second-order valence-electron chi connectivity index (χ2n) is 9.37. The largest absolute Gasteiger partial charge is 0.491 e. The lowest BCUT2D eigenvalue weighted by Gasteiger charge is -2.39. The van der Waals surface area contributed by atoms with Crippen LogP contribution in [0.2, 0.25) is 0 Å². The van der Waals surface area contributed by atoms with E-state index in [2.05, 4.69) is 4.98 Å². The third-order valence-electron chi connectivity index (χ3n) is 7.05. The van der Waals surface area contributed by atoms with E-state index in [1.54, 1.807) is 18.5 Å². The molecule has 2 aromatic heterocycles. The number of aliphatic carboxylic acids is 1. The zero-order valence-electron chi connectivity index (χ0n) is 18.6. The number of hydrogen-bond donors (Lipinski definition) is 1. The molecule has 176 valence electrons. The summed E-state index contributed by atoms with van der Waals surface area (Å²) in [5.41, 5.74) is 1.09. The van der Waals surface area contributed by atoms with Crippen LogP contribution < -0.4 is 9.64 Å². The molecule has 1 N–H and O–H groups in total. The number of ether oxygens (including phenoxy) is 1. The molecular formula is C22H29F3N4O3. The molecule has 0 bridgehead atoms. The average molecular weight is 454 g/mol. The highest BCUT2D eigenvalue weighted by molar-refractivity contribution is 5.76. The number of hydrogen-bond acceptors (Lipinski definition) is 5. The van der Waals surface area contributed by atoms with E-state index in [-0.39, 0.29) is 18.8 Å². The first-order chi connectivity index (χ1) is 15.0. The number of alkyl halides is 3. The molecule has 0 unspecified atom stereocenters. The van der Waals surface area contributed by atoms with Crippen molar-refractivity contribution in [3.05, 3.63) is 17.5 Å². The van der Waals surface area contributed by atoms with Crippen LogP contribution in [0.4, 0.5) is 19.0 Å². The highest BCUT2D eigenvalue weighted by Crippen LogP contribution is 2.43. The molecule has 7 nitrogen and oxygen atoms in total. The van der Waals surface area contributed by atoms with E-state index in [0.29, 0.717) is 61.7 Å². The van der Waals surface area contributed by atoms with Gasteiger partial charge in [0.05, 0.1) is 29.8 Å². The molecule has 0 aromatic carbocycles. The number of aryl methyl sites for hydroxylation is 1. The highest BCUT2D eigenvalue weighted by atomic mass is 19.4. The Labute approximate surface area is 184 Å². The van der Waals surface area contributed by atoms with Crippen LogP contribution in [-0.2, 0) is 4.79 Å². The van der Waals surface area contributed by atoms with Gasteiger partial charge in [-0.1, -0.05) is 0 Å². The number of aromatic nitrogens is 3. The van der Waals surface area contributed by atoms with Crippen molar-refractivity contribution in [2.24, 2.45) is 11.3 Å². The minimum atomic E-state index is -4.14. The van der Waals surface area contributed by atoms with Gasteiger partial charge in [0, 0.05) is 25.1 Å². The second kappa shape index (κ2) is 8.12. The van der Waals surface area contributed by atoms with Crippen LogP contribution >= 0.6 is 0 Å². The summed E-state index contributed by atoms with van der Waals surface area (Å²) in [6, 6.07) is 1.84. The molecule has 0 amide bonds. The van der Waals surface area contributed by atoms with Crippen molar-refractivity contribution in [2.45, 2.75) is 64.5 Å². The smallest absolute Gasteiger partial charge is 0.391 e. The number of piperidine rings is 1. The molecule has 3 heterocycles. The highest BCUT2D eigenvalue weighted by Gasteiger charge is 2.42. The van der Waals surface area contributed by atoms with Crippen LogP contribution in [0.3, 0.4) is 0 Å². The van der Waals surface area contributed by atoms with Gasteiger partial charge in [0.15, 0.2) is 17.2 Å². The zero-order valence-corrected chi connectivity index (χ0v) is 18.6.